The van der Waals surface area contributed by atoms with Gasteiger partial charge in [-0.2, -0.15) is 13.2 Å². The van der Waals surface area contributed by atoms with Crippen molar-refractivity contribution in [3.63, 3.8) is 0 Å². The molecular weight excluding hydrogens is 255 g/mol. The Bertz CT molecular complexity index is 368. The fourth-order valence-electron chi connectivity index (χ4n) is 1.34. The van der Waals surface area contributed by atoms with Crippen molar-refractivity contribution in [1.82, 2.24) is 5.32 Å². The van der Waals surface area contributed by atoms with E-state index in [9.17, 15) is 13.2 Å². The van der Waals surface area contributed by atoms with Crippen LogP contribution in [0.1, 0.15) is 12.0 Å². The summed E-state index contributed by atoms with van der Waals surface area (Å²) in [5.41, 5.74) is 0.738. The molecule has 0 saturated carbocycles. The number of hydrogen-bond acceptors (Lipinski definition) is 2. The molecule has 1 aromatic carbocycles. The maximum Gasteiger partial charge on any atom is 0.390 e. The lowest BCUT2D eigenvalue weighted by molar-refractivity contribution is -0.133. The second-order valence-electron chi connectivity index (χ2n) is 3.50. The Morgan fingerprint density at radius 2 is 2.06 bits per heavy atom. The van der Waals surface area contributed by atoms with E-state index < -0.39 is 12.6 Å². The highest BCUT2D eigenvalue weighted by atomic mass is 35.5. The van der Waals surface area contributed by atoms with Crippen LogP contribution in [0.25, 0.3) is 0 Å². The lowest BCUT2D eigenvalue weighted by atomic mass is 10.2. The van der Waals surface area contributed by atoms with Crippen LogP contribution in [0, 0.1) is 0 Å². The van der Waals surface area contributed by atoms with Crippen LogP contribution in [0.15, 0.2) is 18.2 Å². The molecule has 17 heavy (non-hydrogen) atoms. The Kier molecular flexibility index (Phi) is 5.08. The van der Waals surface area contributed by atoms with E-state index in [1.54, 1.807) is 18.2 Å². The molecule has 0 spiro atoms. The third-order valence-corrected chi connectivity index (χ3v) is 2.38. The van der Waals surface area contributed by atoms with E-state index in [4.69, 9.17) is 16.3 Å². The van der Waals surface area contributed by atoms with E-state index in [1.165, 1.54) is 7.11 Å². The zero-order valence-electron chi connectivity index (χ0n) is 9.27. The zero-order chi connectivity index (χ0) is 12.9. The average molecular weight is 268 g/mol. The summed E-state index contributed by atoms with van der Waals surface area (Å²) in [6.45, 7) is 0.166. The highest BCUT2D eigenvalue weighted by Gasteiger charge is 2.25. The number of hydrogen-bond donors (Lipinski definition) is 1. The number of nitrogens with one attached hydrogen (secondary N) is 1. The Hall–Kier alpha value is -0.940. The highest BCUT2D eigenvalue weighted by molar-refractivity contribution is 6.30. The number of rotatable bonds is 5. The first-order chi connectivity index (χ1) is 7.92. The lowest BCUT2D eigenvalue weighted by Gasteiger charge is -2.11. The molecule has 0 aliphatic rings. The molecule has 0 unspecified atom stereocenters. The van der Waals surface area contributed by atoms with Gasteiger partial charge in [0, 0.05) is 23.7 Å². The topological polar surface area (TPSA) is 21.3 Å². The van der Waals surface area contributed by atoms with Gasteiger partial charge in [0.05, 0.1) is 13.5 Å². The van der Waals surface area contributed by atoms with E-state index in [2.05, 4.69) is 5.32 Å². The van der Waals surface area contributed by atoms with Crippen molar-refractivity contribution in [3.05, 3.63) is 28.8 Å². The van der Waals surface area contributed by atoms with Crippen LogP contribution in [0.4, 0.5) is 13.2 Å². The summed E-state index contributed by atoms with van der Waals surface area (Å²) in [5, 5.41) is 3.23. The van der Waals surface area contributed by atoms with Gasteiger partial charge in [-0.3, -0.25) is 0 Å². The van der Waals surface area contributed by atoms with E-state index in [0.717, 1.165) is 5.56 Å². The quantitative estimate of drug-likeness (QED) is 0.826. The lowest BCUT2D eigenvalue weighted by Crippen LogP contribution is -2.21. The molecule has 0 aromatic heterocycles. The van der Waals surface area contributed by atoms with Crippen LogP contribution in [0.5, 0.6) is 5.75 Å². The Balaban J connectivity index is 2.48. The summed E-state index contributed by atoms with van der Waals surface area (Å²) in [6, 6.07) is 5.02. The van der Waals surface area contributed by atoms with Crippen molar-refractivity contribution in [2.45, 2.75) is 19.1 Å². The van der Waals surface area contributed by atoms with Gasteiger partial charge < -0.3 is 10.1 Å². The molecule has 1 N–H and O–H groups in total. The smallest absolute Gasteiger partial charge is 0.390 e. The molecule has 2 nitrogen and oxygen atoms in total. The summed E-state index contributed by atoms with van der Waals surface area (Å²) in [4.78, 5) is 0. The van der Waals surface area contributed by atoms with E-state index in [1.807, 2.05) is 0 Å². The molecule has 1 aromatic rings. The van der Waals surface area contributed by atoms with E-state index >= 15 is 0 Å². The Morgan fingerprint density at radius 3 is 2.65 bits per heavy atom. The van der Waals surface area contributed by atoms with Crippen LogP contribution < -0.4 is 10.1 Å². The number of methoxy groups -OCH3 is 1. The zero-order valence-corrected chi connectivity index (χ0v) is 10.0. The van der Waals surface area contributed by atoms with Crippen molar-refractivity contribution >= 4 is 11.6 Å². The van der Waals surface area contributed by atoms with Gasteiger partial charge in [0.2, 0.25) is 0 Å². The van der Waals surface area contributed by atoms with Crippen LogP contribution in [0.3, 0.4) is 0 Å². The molecule has 0 saturated heterocycles. The van der Waals surface area contributed by atoms with Crippen LogP contribution in [-0.4, -0.2) is 19.8 Å². The maximum atomic E-state index is 11.9. The van der Waals surface area contributed by atoms with Crippen LogP contribution in [-0.2, 0) is 6.54 Å². The van der Waals surface area contributed by atoms with Gasteiger partial charge in [0.1, 0.15) is 5.75 Å². The van der Waals surface area contributed by atoms with E-state index in [0.29, 0.717) is 17.3 Å². The number of benzene rings is 1. The van der Waals surface area contributed by atoms with Gasteiger partial charge in [-0.15, -0.1) is 0 Å². The molecule has 96 valence electrons. The summed E-state index contributed by atoms with van der Waals surface area (Å²) in [6.07, 6.45) is -4.98. The number of halogens is 4. The summed E-state index contributed by atoms with van der Waals surface area (Å²) in [7, 11) is 1.50. The van der Waals surface area contributed by atoms with Gasteiger partial charge in [0.25, 0.3) is 0 Å². The third kappa shape index (κ3) is 5.28. The van der Waals surface area contributed by atoms with Gasteiger partial charge in [0.15, 0.2) is 0 Å². The minimum absolute atomic E-state index is 0.126. The predicted molar refractivity (Wildman–Crippen MR) is 60.4 cm³/mol. The van der Waals surface area contributed by atoms with Crippen molar-refractivity contribution in [1.29, 1.82) is 0 Å². The largest absolute Gasteiger partial charge is 0.496 e. The monoisotopic (exact) mass is 267 g/mol. The second kappa shape index (κ2) is 6.12. The van der Waals surface area contributed by atoms with Crippen molar-refractivity contribution < 1.29 is 17.9 Å². The summed E-state index contributed by atoms with van der Waals surface area (Å²) < 4.78 is 40.8. The number of ether oxygens (including phenoxy) is 1. The van der Waals surface area contributed by atoms with Gasteiger partial charge in [-0.25, -0.2) is 0 Å². The molecule has 0 radical (unpaired) electrons. The minimum Gasteiger partial charge on any atom is -0.496 e. The van der Waals surface area contributed by atoms with Gasteiger partial charge in [-0.05, 0) is 18.2 Å². The fourth-order valence-corrected chi connectivity index (χ4v) is 1.53. The Morgan fingerprint density at radius 1 is 1.35 bits per heavy atom. The van der Waals surface area contributed by atoms with Crippen LogP contribution in [0.2, 0.25) is 5.02 Å². The minimum atomic E-state index is -4.13. The molecular formula is C11H13ClF3NO. The SMILES string of the molecule is COc1ccc(Cl)cc1CNCCC(F)(F)F. The molecule has 0 aliphatic heterocycles. The van der Waals surface area contributed by atoms with Crippen molar-refractivity contribution in [3.8, 4) is 5.75 Å². The van der Waals surface area contributed by atoms with Crippen molar-refractivity contribution in [2.24, 2.45) is 0 Å². The highest BCUT2D eigenvalue weighted by Crippen LogP contribution is 2.23. The van der Waals surface area contributed by atoms with Gasteiger partial charge in [-0.1, -0.05) is 11.6 Å². The molecule has 0 bridgehead atoms. The first-order valence-corrected chi connectivity index (χ1v) is 5.40. The second-order valence-corrected chi connectivity index (χ2v) is 3.93. The van der Waals surface area contributed by atoms with Crippen LogP contribution >= 0.6 is 11.6 Å². The maximum absolute atomic E-state index is 11.9. The molecule has 0 amide bonds. The standard InChI is InChI=1S/C11H13ClF3NO/c1-17-10-3-2-9(12)6-8(10)7-16-5-4-11(13,14)15/h2-3,6,16H,4-5,7H2,1H3. The fraction of sp³-hybridized carbons (Fsp3) is 0.455. The normalized spacial score (nSPS) is 11.6. The van der Waals surface area contributed by atoms with E-state index in [-0.39, 0.29) is 6.54 Å². The third-order valence-electron chi connectivity index (χ3n) is 2.14. The Labute approximate surface area is 103 Å². The average Bonchev–Trinajstić information content (AvgIpc) is 2.23. The molecule has 0 heterocycles. The predicted octanol–water partition coefficient (Wildman–Crippen LogP) is 3.39. The molecule has 0 fully saturated rings. The van der Waals surface area contributed by atoms with Gasteiger partial charge >= 0.3 is 6.18 Å². The summed E-state index contributed by atoms with van der Waals surface area (Å²) >= 11 is 5.80. The molecule has 0 atom stereocenters. The first-order valence-electron chi connectivity index (χ1n) is 5.02. The number of alkyl halides is 3. The summed E-state index contributed by atoms with van der Waals surface area (Å²) in [5.74, 6) is 0.605. The molecule has 6 heteroatoms. The first kappa shape index (κ1) is 14.1. The molecule has 0 aliphatic carbocycles. The van der Waals surface area contributed by atoms with Crippen molar-refractivity contribution in [2.75, 3.05) is 13.7 Å². The molecule has 1 rings (SSSR count).